The number of amides is 2. The topological polar surface area (TPSA) is 79.5 Å². The molecular formula is C26H25ClFN3O3S. The number of benzene rings is 3. The van der Waals surface area contributed by atoms with E-state index in [0.717, 1.165) is 6.42 Å². The maximum Gasteiger partial charge on any atom is 0.261 e. The maximum absolute atomic E-state index is 13.3. The van der Waals surface area contributed by atoms with Gasteiger partial charge in [-0.15, -0.1) is 0 Å². The van der Waals surface area contributed by atoms with Crippen molar-refractivity contribution in [2.24, 2.45) is 5.92 Å². The van der Waals surface area contributed by atoms with Gasteiger partial charge in [-0.1, -0.05) is 43.6 Å². The fourth-order valence-electron chi connectivity index (χ4n) is 3.03. The number of thiocarbonyl (C=S) groups is 1. The van der Waals surface area contributed by atoms with Crippen LogP contribution < -0.4 is 20.7 Å². The van der Waals surface area contributed by atoms with E-state index < -0.39 is 17.6 Å². The van der Waals surface area contributed by atoms with Gasteiger partial charge < -0.3 is 15.4 Å². The van der Waals surface area contributed by atoms with Gasteiger partial charge in [0.15, 0.2) is 5.11 Å². The minimum atomic E-state index is -0.573. The number of hydrogen-bond acceptors (Lipinski definition) is 4. The fraction of sp³-hybridized carbons (Fsp3) is 0.192. The lowest BCUT2D eigenvalue weighted by atomic mass is 10.1. The van der Waals surface area contributed by atoms with Crippen LogP contribution >= 0.6 is 23.8 Å². The lowest BCUT2D eigenvalue weighted by Gasteiger charge is -2.14. The normalized spacial score (nSPS) is 10.5. The molecule has 0 unspecified atom stereocenters. The smallest absolute Gasteiger partial charge is 0.261 e. The van der Waals surface area contributed by atoms with Gasteiger partial charge in [-0.05, 0) is 73.1 Å². The molecule has 0 aromatic heterocycles. The van der Waals surface area contributed by atoms with Gasteiger partial charge >= 0.3 is 0 Å². The van der Waals surface area contributed by atoms with Gasteiger partial charge in [-0.25, -0.2) is 4.39 Å². The van der Waals surface area contributed by atoms with E-state index in [2.05, 4.69) is 29.8 Å². The van der Waals surface area contributed by atoms with Gasteiger partial charge in [0.05, 0.1) is 17.2 Å². The van der Waals surface area contributed by atoms with E-state index in [4.69, 9.17) is 28.6 Å². The molecule has 35 heavy (non-hydrogen) atoms. The zero-order valence-corrected chi connectivity index (χ0v) is 20.8. The van der Waals surface area contributed by atoms with Crippen molar-refractivity contribution in [3.8, 4) is 5.75 Å². The molecule has 0 atom stereocenters. The number of hydrogen-bond donors (Lipinski definition) is 3. The number of carbonyl (C=O) groups is 2. The summed E-state index contributed by atoms with van der Waals surface area (Å²) in [5.74, 6) is -0.438. The van der Waals surface area contributed by atoms with Crippen molar-refractivity contribution in [1.82, 2.24) is 5.32 Å². The zero-order chi connectivity index (χ0) is 25.4. The van der Waals surface area contributed by atoms with Crippen molar-refractivity contribution in [3.63, 3.8) is 0 Å². The first kappa shape index (κ1) is 26.1. The maximum atomic E-state index is 13.3. The molecule has 3 rings (SSSR count). The number of nitrogens with one attached hydrogen (secondary N) is 3. The second-order valence-corrected chi connectivity index (χ2v) is 8.91. The summed E-state index contributed by atoms with van der Waals surface area (Å²) in [6.07, 6.45) is 0.869. The average Bonchev–Trinajstić information content (AvgIpc) is 2.81. The Balaban J connectivity index is 1.62. The molecule has 0 saturated carbocycles. The van der Waals surface area contributed by atoms with E-state index in [1.165, 1.54) is 18.2 Å². The molecule has 3 N–H and O–H groups in total. The molecule has 0 aliphatic carbocycles. The van der Waals surface area contributed by atoms with Crippen LogP contribution in [0.5, 0.6) is 5.75 Å². The second kappa shape index (κ2) is 12.3. The molecule has 3 aromatic carbocycles. The summed E-state index contributed by atoms with van der Waals surface area (Å²) < 4.78 is 19.1. The molecule has 0 heterocycles. The minimum Gasteiger partial charge on any atom is -0.493 e. The Hall–Kier alpha value is -3.49. The summed E-state index contributed by atoms with van der Waals surface area (Å²) in [6, 6.07) is 17.4. The van der Waals surface area contributed by atoms with Crippen molar-refractivity contribution < 1.29 is 18.7 Å². The fourth-order valence-corrected chi connectivity index (χ4v) is 3.42. The summed E-state index contributed by atoms with van der Waals surface area (Å²) in [5.41, 5.74) is 1.55. The van der Waals surface area contributed by atoms with Crippen molar-refractivity contribution in [2.45, 2.75) is 20.3 Å². The molecule has 0 fully saturated rings. The van der Waals surface area contributed by atoms with Crippen LogP contribution in [0.1, 0.15) is 41.0 Å². The molecular weight excluding hydrogens is 489 g/mol. The van der Waals surface area contributed by atoms with E-state index in [1.807, 2.05) is 0 Å². The van der Waals surface area contributed by atoms with E-state index >= 15 is 0 Å². The van der Waals surface area contributed by atoms with Gasteiger partial charge in [-0.2, -0.15) is 0 Å². The Morgan fingerprint density at radius 2 is 1.71 bits per heavy atom. The van der Waals surface area contributed by atoms with E-state index in [-0.39, 0.29) is 10.1 Å². The summed E-state index contributed by atoms with van der Waals surface area (Å²) >= 11 is 11.0. The van der Waals surface area contributed by atoms with E-state index in [9.17, 15) is 14.0 Å². The number of carbonyl (C=O) groups excluding carboxylic acids is 2. The minimum absolute atomic E-state index is 0.0647. The third-order valence-corrected chi connectivity index (χ3v) is 5.37. The van der Waals surface area contributed by atoms with Crippen LogP contribution in [0.4, 0.5) is 15.8 Å². The third-order valence-electron chi connectivity index (χ3n) is 4.87. The Morgan fingerprint density at radius 1 is 0.971 bits per heavy atom. The van der Waals surface area contributed by atoms with Crippen LogP contribution in [0.2, 0.25) is 5.02 Å². The molecule has 6 nitrogen and oxygen atoms in total. The molecule has 0 saturated heterocycles. The Bertz CT molecular complexity index is 1240. The highest BCUT2D eigenvalue weighted by molar-refractivity contribution is 7.80. The van der Waals surface area contributed by atoms with Crippen LogP contribution in [0, 0.1) is 11.7 Å². The summed E-state index contributed by atoms with van der Waals surface area (Å²) in [4.78, 5) is 25.4. The SMILES string of the molecule is CC(C)CCOc1ccccc1C(=O)NC(=S)Nc1cccc(C(=O)Nc2ccc(F)c(Cl)c2)c1. The highest BCUT2D eigenvalue weighted by atomic mass is 35.5. The first-order valence-corrected chi connectivity index (χ1v) is 11.7. The first-order valence-electron chi connectivity index (χ1n) is 10.9. The van der Waals surface area contributed by atoms with E-state index in [1.54, 1.807) is 48.5 Å². The number of ether oxygens (including phenoxy) is 1. The number of halogens is 2. The lowest BCUT2D eigenvalue weighted by Crippen LogP contribution is -2.34. The molecule has 0 aliphatic heterocycles. The molecule has 0 spiro atoms. The van der Waals surface area contributed by atoms with Crippen LogP contribution in [-0.2, 0) is 0 Å². The highest BCUT2D eigenvalue weighted by Gasteiger charge is 2.15. The largest absolute Gasteiger partial charge is 0.493 e. The Kier molecular flexibility index (Phi) is 9.17. The Labute approximate surface area is 213 Å². The Morgan fingerprint density at radius 3 is 2.46 bits per heavy atom. The summed E-state index contributed by atoms with van der Waals surface area (Å²) in [5, 5.41) is 8.17. The zero-order valence-electron chi connectivity index (χ0n) is 19.2. The van der Waals surface area contributed by atoms with Crippen molar-refractivity contribution in [1.29, 1.82) is 0 Å². The van der Waals surface area contributed by atoms with Gasteiger partial charge in [0.2, 0.25) is 0 Å². The molecule has 3 aromatic rings. The predicted octanol–water partition coefficient (Wildman–Crippen LogP) is 6.28. The van der Waals surface area contributed by atoms with Crippen LogP contribution in [0.15, 0.2) is 66.7 Å². The van der Waals surface area contributed by atoms with Gasteiger partial charge in [0, 0.05) is 16.9 Å². The highest BCUT2D eigenvalue weighted by Crippen LogP contribution is 2.21. The van der Waals surface area contributed by atoms with Crippen molar-refractivity contribution in [2.75, 3.05) is 17.2 Å². The summed E-state index contributed by atoms with van der Waals surface area (Å²) in [6.45, 7) is 4.70. The molecule has 2 amide bonds. The van der Waals surface area contributed by atoms with Gasteiger partial charge in [0.1, 0.15) is 11.6 Å². The third kappa shape index (κ3) is 7.77. The molecule has 0 radical (unpaired) electrons. The molecule has 9 heteroatoms. The quantitative estimate of drug-likeness (QED) is 0.309. The van der Waals surface area contributed by atoms with Crippen LogP contribution in [0.25, 0.3) is 0 Å². The van der Waals surface area contributed by atoms with Crippen molar-refractivity contribution in [3.05, 3.63) is 88.7 Å². The van der Waals surface area contributed by atoms with Crippen molar-refractivity contribution >= 4 is 52.1 Å². The number of anilines is 2. The predicted molar refractivity (Wildman–Crippen MR) is 141 cm³/mol. The average molecular weight is 514 g/mol. The first-order chi connectivity index (χ1) is 16.7. The second-order valence-electron chi connectivity index (χ2n) is 8.10. The lowest BCUT2D eigenvalue weighted by molar-refractivity contribution is 0.0972. The standard InChI is InChI=1S/C26H25ClFN3O3S/c1-16(2)12-13-34-23-9-4-3-8-20(23)25(33)31-26(35)30-18-7-5-6-17(14-18)24(32)29-19-10-11-22(28)21(27)15-19/h3-11,14-16H,12-13H2,1-2H3,(H,29,32)(H2,30,31,33,35). The number of para-hydroxylation sites is 1. The monoisotopic (exact) mass is 513 g/mol. The summed E-state index contributed by atoms with van der Waals surface area (Å²) in [7, 11) is 0. The van der Waals surface area contributed by atoms with Crippen LogP contribution in [-0.4, -0.2) is 23.5 Å². The van der Waals surface area contributed by atoms with E-state index in [0.29, 0.717) is 40.8 Å². The molecule has 182 valence electrons. The van der Waals surface area contributed by atoms with Crippen LogP contribution in [0.3, 0.4) is 0 Å². The van der Waals surface area contributed by atoms with Gasteiger partial charge in [-0.3, -0.25) is 14.9 Å². The van der Waals surface area contributed by atoms with Gasteiger partial charge in [0.25, 0.3) is 11.8 Å². The molecule has 0 aliphatic rings. The number of rotatable bonds is 8. The molecule has 0 bridgehead atoms.